The molecule has 0 aliphatic rings. The summed E-state index contributed by atoms with van der Waals surface area (Å²) in [5, 5.41) is 2.37. The first-order chi connectivity index (χ1) is 8.08. The molecule has 3 rings (SSSR count). The van der Waals surface area contributed by atoms with E-state index in [2.05, 4.69) is 0 Å². The summed E-state index contributed by atoms with van der Waals surface area (Å²) in [6.45, 7) is 5.67. The van der Waals surface area contributed by atoms with Gasteiger partial charge in [-0.1, -0.05) is 11.6 Å². The molecule has 3 nitrogen and oxygen atoms in total. The minimum atomic E-state index is -0.328. The normalized spacial score (nSPS) is 11.5. The van der Waals surface area contributed by atoms with Gasteiger partial charge in [-0.3, -0.25) is 0 Å². The van der Waals surface area contributed by atoms with E-state index in [4.69, 9.17) is 8.83 Å². The Balaban J connectivity index is 2.71. The summed E-state index contributed by atoms with van der Waals surface area (Å²) in [4.78, 5) is 11.9. The quantitative estimate of drug-likeness (QED) is 0.553. The van der Waals surface area contributed by atoms with Crippen LogP contribution in [-0.2, 0) is 0 Å². The van der Waals surface area contributed by atoms with Crippen molar-refractivity contribution in [2.45, 2.75) is 20.8 Å². The summed E-state index contributed by atoms with van der Waals surface area (Å²) in [7, 11) is 0. The molecule has 0 fully saturated rings. The highest BCUT2D eigenvalue weighted by molar-refractivity contribution is 6.06. The van der Waals surface area contributed by atoms with E-state index in [1.807, 2.05) is 32.0 Å². The zero-order chi connectivity index (χ0) is 12.2. The van der Waals surface area contributed by atoms with Crippen LogP contribution in [0.4, 0.5) is 0 Å². The molecule has 2 heterocycles. The first-order valence-corrected chi connectivity index (χ1v) is 5.51. The SMILES string of the molecule is Cc1ccc2oc(=O)c3c(C)oc(C)c3c2c1. The van der Waals surface area contributed by atoms with Crippen molar-refractivity contribution in [3.05, 3.63) is 45.7 Å². The minimum absolute atomic E-state index is 0.328. The monoisotopic (exact) mass is 228 g/mol. The molecule has 0 aliphatic carbocycles. The zero-order valence-corrected chi connectivity index (χ0v) is 9.96. The van der Waals surface area contributed by atoms with E-state index in [-0.39, 0.29) is 5.63 Å². The lowest BCUT2D eigenvalue weighted by molar-refractivity contribution is 0.508. The maximum absolute atomic E-state index is 11.9. The fourth-order valence-corrected chi connectivity index (χ4v) is 2.33. The molecule has 1 aromatic carbocycles. The molecule has 0 saturated carbocycles. The fraction of sp³-hybridized carbons (Fsp3) is 0.214. The Morgan fingerprint density at radius 3 is 2.41 bits per heavy atom. The van der Waals surface area contributed by atoms with Gasteiger partial charge in [0.1, 0.15) is 22.5 Å². The zero-order valence-electron chi connectivity index (χ0n) is 9.96. The van der Waals surface area contributed by atoms with Crippen LogP contribution in [-0.4, -0.2) is 0 Å². The average molecular weight is 228 g/mol. The van der Waals surface area contributed by atoms with Gasteiger partial charge < -0.3 is 8.83 Å². The van der Waals surface area contributed by atoms with Crippen molar-refractivity contribution in [1.82, 2.24) is 0 Å². The molecular formula is C14H12O3. The second kappa shape index (κ2) is 3.23. The van der Waals surface area contributed by atoms with Crippen LogP contribution in [0.5, 0.6) is 0 Å². The van der Waals surface area contributed by atoms with Crippen LogP contribution in [0, 0.1) is 20.8 Å². The molecule has 0 radical (unpaired) electrons. The molecule has 3 heteroatoms. The molecule has 0 atom stereocenters. The van der Waals surface area contributed by atoms with E-state index >= 15 is 0 Å². The summed E-state index contributed by atoms with van der Waals surface area (Å²) in [6.07, 6.45) is 0. The predicted molar refractivity (Wildman–Crippen MR) is 66.5 cm³/mol. The Morgan fingerprint density at radius 1 is 0.941 bits per heavy atom. The first-order valence-electron chi connectivity index (χ1n) is 5.51. The van der Waals surface area contributed by atoms with Gasteiger partial charge in [0.15, 0.2) is 0 Å². The summed E-state index contributed by atoms with van der Waals surface area (Å²) in [5.74, 6) is 1.38. The van der Waals surface area contributed by atoms with Gasteiger partial charge in [-0.2, -0.15) is 0 Å². The summed E-state index contributed by atoms with van der Waals surface area (Å²) in [6, 6.07) is 5.77. The third-order valence-electron chi connectivity index (χ3n) is 3.07. The van der Waals surface area contributed by atoms with E-state index in [0.29, 0.717) is 16.7 Å². The van der Waals surface area contributed by atoms with Gasteiger partial charge in [-0.25, -0.2) is 4.79 Å². The number of hydrogen-bond acceptors (Lipinski definition) is 3. The van der Waals surface area contributed by atoms with Crippen LogP contribution in [0.2, 0.25) is 0 Å². The second-order valence-electron chi connectivity index (χ2n) is 4.35. The van der Waals surface area contributed by atoms with Gasteiger partial charge >= 0.3 is 5.63 Å². The predicted octanol–water partition coefficient (Wildman–Crippen LogP) is 3.46. The first kappa shape index (κ1) is 10.1. The van der Waals surface area contributed by atoms with Crippen LogP contribution in [0.15, 0.2) is 31.8 Å². The second-order valence-corrected chi connectivity index (χ2v) is 4.35. The van der Waals surface area contributed by atoms with Crippen molar-refractivity contribution < 1.29 is 8.83 Å². The molecule has 0 bridgehead atoms. The molecule has 0 unspecified atom stereocenters. The molecule has 0 spiro atoms. The number of fused-ring (bicyclic) bond motifs is 3. The van der Waals surface area contributed by atoms with Gasteiger partial charge in [-0.15, -0.1) is 0 Å². The molecule has 86 valence electrons. The topological polar surface area (TPSA) is 43.4 Å². The molecule has 0 amide bonds. The Bertz CT molecular complexity index is 790. The van der Waals surface area contributed by atoms with Crippen molar-refractivity contribution in [1.29, 1.82) is 0 Å². The number of furan rings is 1. The van der Waals surface area contributed by atoms with Crippen LogP contribution < -0.4 is 5.63 Å². The number of hydrogen-bond donors (Lipinski definition) is 0. The van der Waals surface area contributed by atoms with Gasteiger partial charge in [0, 0.05) is 10.8 Å². The summed E-state index contributed by atoms with van der Waals surface area (Å²) >= 11 is 0. The average Bonchev–Trinajstić information content (AvgIpc) is 2.56. The van der Waals surface area contributed by atoms with E-state index in [1.54, 1.807) is 6.92 Å². The lowest BCUT2D eigenvalue weighted by Gasteiger charge is -2.00. The van der Waals surface area contributed by atoms with Crippen LogP contribution in [0.1, 0.15) is 17.1 Å². The summed E-state index contributed by atoms with van der Waals surface area (Å²) in [5.41, 5.74) is 1.41. The number of benzene rings is 1. The maximum atomic E-state index is 11.9. The Morgan fingerprint density at radius 2 is 1.65 bits per heavy atom. The molecule has 2 aromatic heterocycles. The summed E-state index contributed by atoms with van der Waals surface area (Å²) < 4.78 is 10.8. The lowest BCUT2D eigenvalue weighted by Crippen LogP contribution is -1.99. The number of aryl methyl sites for hydroxylation is 3. The van der Waals surface area contributed by atoms with Crippen LogP contribution in [0.3, 0.4) is 0 Å². The van der Waals surface area contributed by atoms with Gasteiger partial charge in [-0.05, 0) is 32.9 Å². The number of rotatable bonds is 0. The standard InChI is InChI=1S/C14H12O3/c1-7-4-5-11-10(6-7)12-8(2)16-9(3)13(12)14(15)17-11/h4-6H,1-3H3. The van der Waals surface area contributed by atoms with Gasteiger partial charge in [0.2, 0.25) is 0 Å². The highest BCUT2D eigenvalue weighted by Crippen LogP contribution is 2.30. The van der Waals surface area contributed by atoms with Crippen molar-refractivity contribution in [2.24, 2.45) is 0 Å². The van der Waals surface area contributed by atoms with E-state index in [0.717, 1.165) is 22.1 Å². The Labute approximate surface area is 97.7 Å². The van der Waals surface area contributed by atoms with E-state index in [1.165, 1.54) is 0 Å². The molecular weight excluding hydrogens is 216 g/mol. The maximum Gasteiger partial charge on any atom is 0.347 e. The lowest BCUT2D eigenvalue weighted by atomic mass is 10.1. The molecule has 0 aliphatic heterocycles. The van der Waals surface area contributed by atoms with Crippen LogP contribution in [0.25, 0.3) is 21.7 Å². The molecule has 0 N–H and O–H groups in total. The smallest absolute Gasteiger partial charge is 0.347 e. The van der Waals surface area contributed by atoms with Crippen molar-refractivity contribution >= 4 is 21.7 Å². The van der Waals surface area contributed by atoms with Crippen LogP contribution >= 0.6 is 0 Å². The highest BCUT2D eigenvalue weighted by Gasteiger charge is 2.15. The van der Waals surface area contributed by atoms with Gasteiger partial charge in [0.05, 0.1) is 0 Å². The highest BCUT2D eigenvalue weighted by atomic mass is 16.4. The Hall–Kier alpha value is -2.03. The minimum Gasteiger partial charge on any atom is -0.465 e. The third kappa shape index (κ3) is 1.32. The molecule has 17 heavy (non-hydrogen) atoms. The fourth-order valence-electron chi connectivity index (χ4n) is 2.33. The third-order valence-corrected chi connectivity index (χ3v) is 3.07. The Kier molecular flexibility index (Phi) is 1.93. The van der Waals surface area contributed by atoms with Crippen molar-refractivity contribution in [2.75, 3.05) is 0 Å². The van der Waals surface area contributed by atoms with E-state index < -0.39 is 0 Å². The van der Waals surface area contributed by atoms with E-state index in [9.17, 15) is 4.79 Å². The molecule has 3 aromatic rings. The largest absolute Gasteiger partial charge is 0.465 e. The van der Waals surface area contributed by atoms with Crippen molar-refractivity contribution in [3.8, 4) is 0 Å². The van der Waals surface area contributed by atoms with Gasteiger partial charge in [0.25, 0.3) is 0 Å². The van der Waals surface area contributed by atoms with Crippen molar-refractivity contribution in [3.63, 3.8) is 0 Å². The molecule has 0 saturated heterocycles.